The Morgan fingerprint density at radius 2 is 1.97 bits per heavy atom. The number of rotatable bonds is 7. The summed E-state index contributed by atoms with van der Waals surface area (Å²) in [6.45, 7) is 5.78. The lowest BCUT2D eigenvalue weighted by Gasteiger charge is -2.30. The lowest BCUT2D eigenvalue weighted by atomic mass is 9.97. The number of nitrogens with one attached hydrogen (secondary N) is 2. The van der Waals surface area contributed by atoms with Crippen LogP contribution in [-0.4, -0.2) is 62.4 Å². The van der Waals surface area contributed by atoms with Gasteiger partial charge in [0.25, 0.3) is 11.8 Å². The second-order valence-electron chi connectivity index (χ2n) is 8.10. The Morgan fingerprint density at radius 3 is 2.62 bits per heavy atom. The smallest absolute Gasteiger partial charge is 0.270 e. The van der Waals surface area contributed by atoms with Crippen molar-refractivity contribution in [3.05, 3.63) is 31.7 Å². The van der Waals surface area contributed by atoms with E-state index in [2.05, 4.69) is 20.6 Å². The Labute approximate surface area is 205 Å². The van der Waals surface area contributed by atoms with Crippen molar-refractivity contribution in [3.63, 3.8) is 0 Å². The minimum atomic E-state index is -0.141. The van der Waals surface area contributed by atoms with Crippen LogP contribution in [0, 0.1) is 13.8 Å². The van der Waals surface area contributed by atoms with Gasteiger partial charge in [-0.3, -0.25) is 9.59 Å². The van der Waals surface area contributed by atoms with E-state index in [0.717, 1.165) is 43.5 Å². The summed E-state index contributed by atoms with van der Waals surface area (Å²) >= 11 is 9.84. The second-order valence-corrected chi connectivity index (χ2v) is 12.0. The highest BCUT2D eigenvalue weighted by Gasteiger charge is 2.28. The third-order valence-corrected chi connectivity index (χ3v) is 8.83. The van der Waals surface area contributed by atoms with Crippen molar-refractivity contribution in [2.45, 2.75) is 51.5 Å². The van der Waals surface area contributed by atoms with Gasteiger partial charge in [0.05, 0.1) is 15.7 Å². The summed E-state index contributed by atoms with van der Waals surface area (Å²) < 4.78 is 0.808. The molecule has 0 radical (unpaired) electrons. The lowest BCUT2D eigenvalue weighted by Crippen LogP contribution is -2.37. The predicted molar refractivity (Wildman–Crippen MR) is 135 cm³/mol. The number of thioether (sulfide) groups is 1. The molecule has 1 saturated carbocycles. The molecule has 0 aromatic carbocycles. The van der Waals surface area contributed by atoms with Crippen LogP contribution >= 0.6 is 46.7 Å². The maximum absolute atomic E-state index is 12.8. The van der Waals surface area contributed by atoms with Crippen LogP contribution < -0.4 is 10.6 Å². The van der Waals surface area contributed by atoms with Crippen LogP contribution in [0.25, 0.3) is 0 Å². The number of aryl methyl sites for hydroxylation is 2. The summed E-state index contributed by atoms with van der Waals surface area (Å²) in [6, 6.07) is 0.559. The molecule has 0 unspecified atom stereocenters. The number of carbonyl (C=O) groups excluding carboxylic acids is 2. The molecule has 0 bridgehead atoms. The van der Waals surface area contributed by atoms with Gasteiger partial charge in [-0.15, -0.1) is 22.7 Å². The molecule has 7 nitrogen and oxygen atoms in total. The number of hydrogen-bond acceptors (Lipinski definition) is 8. The molecule has 0 spiro atoms. The summed E-state index contributed by atoms with van der Waals surface area (Å²) in [6.07, 6.45) is 4.12. The molecule has 11 heteroatoms. The summed E-state index contributed by atoms with van der Waals surface area (Å²) in [5.74, 6) is 0.969. The van der Waals surface area contributed by atoms with E-state index in [4.69, 9.17) is 12.2 Å². The van der Waals surface area contributed by atoms with Gasteiger partial charge in [-0.2, -0.15) is 0 Å². The average Bonchev–Trinajstić information content (AvgIpc) is 3.32. The fraction of sp³-hybridized carbons (Fsp3) is 0.571. The molecule has 32 heavy (non-hydrogen) atoms. The molecular formula is C21H27N5O2S4. The molecule has 1 aliphatic carbocycles. The van der Waals surface area contributed by atoms with Gasteiger partial charge in [-0.1, -0.05) is 24.0 Å². The Hall–Kier alpha value is -1.56. The van der Waals surface area contributed by atoms with E-state index in [-0.39, 0.29) is 17.7 Å². The molecule has 2 fully saturated rings. The minimum absolute atomic E-state index is 0.0791. The standard InChI is InChI=1S/C21H27N5O2S4/c1-12-17(32-13(2)23-12)20(28)26-8-5-14(6-9-26)19-25-16(11-31-19)18(27)22-7-10-30-21(29)24-15-3-4-15/h11,14-15H,3-10H2,1-2H3,(H,22,27)(H,24,29). The highest BCUT2D eigenvalue weighted by molar-refractivity contribution is 8.22. The number of carbonyl (C=O) groups is 2. The van der Waals surface area contributed by atoms with Crippen molar-refractivity contribution in [2.24, 2.45) is 0 Å². The zero-order valence-electron chi connectivity index (χ0n) is 18.2. The van der Waals surface area contributed by atoms with Crippen LogP contribution in [0.2, 0.25) is 0 Å². The molecule has 4 rings (SSSR count). The first-order chi connectivity index (χ1) is 15.4. The number of likely N-dealkylation sites (tertiary alicyclic amines) is 1. The van der Waals surface area contributed by atoms with E-state index in [1.807, 2.05) is 24.1 Å². The van der Waals surface area contributed by atoms with Gasteiger partial charge >= 0.3 is 0 Å². The largest absolute Gasteiger partial charge is 0.368 e. The summed E-state index contributed by atoms with van der Waals surface area (Å²) in [5.41, 5.74) is 1.29. The Kier molecular flexibility index (Phi) is 7.80. The molecule has 1 aliphatic heterocycles. The van der Waals surface area contributed by atoms with Gasteiger partial charge in [-0.25, -0.2) is 9.97 Å². The number of hydrogen-bond donors (Lipinski definition) is 2. The molecule has 2 N–H and O–H groups in total. The average molecular weight is 510 g/mol. The summed E-state index contributed by atoms with van der Waals surface area (Å²) in [7, 11) is 0. The molecule has 2 amide bonds. The highest BCUT2D eigenvalue weighted by atomic mass is 32.2. The van der Waals surface area contributed by atoms with Crippen LogP contribution in [-0.2, 0) is 0 Å². The van der Waals surface area contributed by atoms with Crippen molar-refractivity contribution >= 4 is 62.8 Å². The van der Waals surface area contributed by atoms with Gasteiger partial charge in [0.15, 0.2) is 0 Å². The third-order valence-electron chi connectivity index (χ3n) is 5.50. The molecular weight excluding hydrogens is 483 g/mol. The molecule has 2 aromatic rings. The van der Waals surface area contributed by atoms with Crippen LogP contribution in [0.1, 0.15) is 67.5 Å². The number of piperidine rings is 1. The maximum Gasteiger partial charge on any atom is 0.270 e. The number of amides is 2. The van der Waals surface area contributed by atoms with Crippen LogP contribution in [0.5, 0.6) is 0 Å². The first kappa shape index (κ1) is 23.6. The molecule has 2 aliphatic rings. The van der Waals surface area contributed by atoms with E-state index < -0.39 is 0 Å². The predicted octanol–water partition coefficient (Wildman–Crippen LogP) is 3.74. The molecule has 2 aromatic heterocycles. The van der Waals surface area contributed by atoms with Crippen molar-refractivity contribution in [3.8, 4) is 0 Å². The van der Waals surface area contributed by atoms with Crippen molar-refractivity contribution < 1.29 is 9.59 Å². The van der Waals surface area contributed by atoms with Gasteiger partial charge in [-0.05, 0) is 39.5 Å². The fourth-order valence-electron chi connectivity index (χ4n) is 3.62. The Balaban J connectivity index is 1.21. The lowest BCUT2D eigenvalue weighted by molar-refractivity contribution is 0.0717. The highest BCUT2D eigenvalue weighted by Crippen LogP contribution is 2.31. The zero-order valence-corrected chi connectivity index (χ0v) is 21.4. The van der Waals surface area contributed by atoms with Crippen molar-refractivity contribution in [1.82, 2.24) is 25.5 Å². The number of thiocarbonyl (C=S) groups is 1. The van der Waals surface area contributed by atoms with Crippen molar-refractivity contribution in [2.75, 3.05) is 25.4 Å². The Morgan fingerprint density at radius 1 is 1.22 bits per heavy atom. The number of aromatic nitrogens is 2. The topological polar surface area (TPSA) is 87.2 Å². The van der Waals surface area contributed by atoms with E-state index in [9.17, 15) is 9.59 Å². The zero-order chi connectivity index (χ0) is 22.7. The quantitative estimate of drug-likeness (QED) is 0.434. The van der Waals surface area contributed by atoms with E-state index in [0.29, 0.717) is 31.4 Å². The van der Waals surface area contributed by atoms with Gasteiger partial charge in [0.2, 0.25) is 0 Å². The monoisotopic (exact) mass is 509 g/mol. The van der Waals surface area contributed by atoms with Crippen LogP contribution in [0.3, 0.4) is 0 Å². The van der Waals surface area contributed by atoms with E-state index in [1.54, 1.807) is 11.8 Å². The second kappa shape index (κ2) is 10.6. The Bertz CT molecular complexity index is 992. The first-order valence-corrected chi connectivity index (χ1v) is 13.9. The van der Waals surface area contributed by atoms with E-state index >= 15 is 0 Å². The molecule has 0 atom stereocenters. The normalized spacial score (nSPS) is 16.8. The SMILES string of the molecule is Cc1nc(C)c(C(=O)N2CCC(c3nc(C(=O)NCCSC(=S)NC4CC4)cs3)CC2)s1. The van der Waals surface area contributed by atoms with Crippen molar-refractivity contribution in [1.29, 1.82) is 0 Å². The number of thiazole rings is 2. The van der Waals surface area contributed by atoms with Crippen LogP contribution in [0.15, 0.2) is 5.38 Å². The maximum atomic E-state index is 12.8. The van der Waals surface area contributed by atoms with Gasteiger partial charge in [0.1, 0.15) is 14.9 Å². The van der Waals surface area contributed by atoms with Gasteiger partial charge < -0.3 is 15.5 Å². The molecule has 172 valence electrons. The summed E-state index contributed by atoms with van der Waals surface area (Å²) in [5, 5.41) is 9.94. The molecule has 1 saturated heterocycles. The minimum Gasteiger partial charge on any atom is -0.368 e. The van der Waals surface area contributed by atoms with Gasteiger partial charge in [0, 0.05) is 42.7 Å². The number of nitrogens with zero attached hydrogens (tertiary/aromatic N) is 3. The van der Waals surface area contributed by atoms with Crippen LogP contribution in [0.4, 0.5) is 0 Å². The first-order valence-electron chi connectivity index (χ1n) is 10.8. The molecule has 3 heterocycles. The van der Waals surface area contributed by atoms with E-state index in [1.165, 1.54) is 35.5 Å². The third kappa shape index (κ3) is 6.06. The fourth-order valence-corrected chi connectivity index (χ4v) is 6.53. The summed E-state index contributed by atoms with van der Waals surface area (Å²) in [4.78, 5) is 36.9.